The zero-order valence-corrected chi connectivity index (χ0v) is 10.5. The molecule has 1 heterocycles. The third-order valence-corrected chi connectivity index (χ3v) is 3.15. The van der Waals surface area contributed by atoms with Gasteiger partial charge in [-0.15, -0.1) is 0 Å². The average molecular weight is 258 g/mol. The third-order valence-electron chi connectivity index (χ3n) is 2.81. The van der Waals surface area contributed by atoms with Gasteiger partial charge in [0.25, 0.3) is 0 Å². The van der Waals surface area contributed by atoms with E-state index in [1.165, 1.54) is 0 Å². The molecule has 94 valence electrons. The maximum absolute atomic E-state index is 8.84. The number of hydroxylamine groups is 1. The first-order chi connectivity index (χ1) is 8.27. The molecule has 1 aromatic rings. The van der Waals surface area contributed by atoms with Crippen molar-refractivity contribution in [3.8, 4) is 11.5 Å². The second kappa shape index (κ2) is 5.58. The van der Waals surface area contributed by atoms with Crippen LogP contribution in [0.1, 0.15) is 24.5 Å². The molecule has 0 amide bonds. The van der Waals surface area contributed by atoms with Gasteiger partial charge >= 0.3 is 0 Å². The molecule has 0 saturated carbocycles. The lowest BCUT2D eigenvalue weighted by atomic mass is 10.0. The van der Waals surface area contributed by atoms with Crippen LogP contribution in [0, 0.1) is 0 Å². The monoisotopic (exact) mass is 257 g/mol. The summed E-state index contributed by atoms with van der Waals surface area (Å²) in [5.41, 5.74) is 4.00. The van der Waals surface area contributed by atoms with E-state index >= 15 is 0 Å². The number of rotatable bonds is 3. The Morgan fingerprint density at radius 3 is 2.82 bits per heavy atom. The zero-order valence-electron chi connectivity index (χ0n) is 9.75. The summed E-state index contributed by atoms with van der Waals surface area (Å²) < 4.78 is 11.3. The smallest absolute Gasteiger partial charge is 0.164 e. The Balaban J connectivity index is 2.51. The SMILES string of the molecule is CCc1c(CNO)c(Cl)cc2c1OCCCO2. The number of halogens is 1. The van der Waals surface area contributed by atoms with Gasteiger partial charge in [0, 0.05) is 29.6 Å². The summed E-state index contributed by atoms with van der Waals surface area (Å²) in [6.07, 6.45) is 1.65. The molecule has 0 bridgehead atoms. The van der Waals surface area contributed by atoms with E-state index in [9.17, 15) is 0 Å². The molecule has 0 atom stereocenters. The van der Waals surface area contributed by atoms with E-state index in [0.29, 0.717) is 30.5 Å². The van der Waals surface area contributed by atoms with Crippen molar-refractivity contribution in [1.82, 2.24) is 5.48 Å². The molecule has 2 rings (SSSR count). The fourth-order valence-electron chi connectivity index (χ4n) is 2.02. The highest BCUT2D eigenvalue weighted by Crippen LogP contribution is 2.39. The Bertz CT molecular complexity index is 409. The lowest BCUT2D eigenvalue weighted by molar-refractivity contribution is 0.161. The minimum atomic E-state index is 0.304. The Morgan fingerprint density at radius 2 is 2.12 bits per heavy atom. The molecule has 1 aromatic carbocycles. The first kappa shape index (κ1) is 12.5. The van der Waals surface area contributed by atoms with Gasteiger partial charge in [0.05, 0.1) is 13.2 Å². The van der Waals surface area contributed by atoms with Gasteiger partial charge in [-0.25, -0.2) is 5.48 Å². The van der Waals surface area contributed by atoms with Gasteiger partial charge in [-0.3, -0.25) is 0 Å². The van der Waals surface area contributed by atoms with E-state index in [1.807, 2.05) is 6.92 Å². The van der Waals surface area contributed by atoms with E-state index in [-0.39, 0.29) is 0 Å². The van der Waals surface area contributed by atoms with Crippen molar-refractivity contribution in [2.75, 3.05) is 13.2 Å². The maximum Gasteiger partial charge on any atom is 0.164 e. The summed E-state index contributed by atoms with van der Waals surface area (Å²) in [7, 11) is 0. The Morgan fingerprint density at radius 1 is 1.35 bits per heavy atom. The van der Waals surface area contributed by atoms with E-state index in [1.54, 1.807) is 6.07 Å². The maximum atomic E-state index is 8.84. The van der Waals surface area contributed by atoms with E-state index in [2.05, 4.69) is 5.48 Å². The highest BCUT2D eigenvalue weighted by Gasteiger charge is 2.20. The van der Waals surface area contributed by atoms with Crippen molar-refractivity contribution < 1.29 is 14.7 Å². The van der Waals surface area contributed by atoms with Crippen molar-refractivity contribution in [1.29, 1.82) is 0 Å². The number of hydrogen-bond donors (Lipinski definition) is 2. The predicted molar refractivity (Wildman–Crippen MR) is 65.1 cm³/mol. The molecular formula is C12H16ClNO3. The zero-order chi connectivity index (χ0) is 12.3. The topological polar surface area (TPSA) is 50.7 Å². The molecule has 17 heavy (non-hydrogen) atoms. The van der Waals surface area contributed by atoms with Gasteiger partial charge in [-0.05, 0) is 12.0 Å². The Kier molecular flexibility index (Phi) is 4.10. The molecule has 0 aromatic heterocycles. The van der Waals surface area contributed by atoms with Gasteiger partial charge in [0.2, 0.25) is 0 Å². The Labute approximate surface area is 105 Å². The van der Waals surface area contributed by atoms with Crippen LogP contribution in [-0.4, -0.2) is 18.4 Å². The molecular weight excluding hydrogens is 242 g/mol. The normalized spacial score (nSPS) is 14.5. The van der Waals surface area contributed by atoms with Crippen molar-refractivity contribution >= 4 is 11.6 Å². The fraction of sp³-hybridized carbons (Fsp3) is 0.500. The van der Waals surface area contributed by atoms with Gasteiger partial charge < -0.3 is 14.7 Å². The van der Waals surface area contributed by atoms with Crippen LogP contribution in [0.25, 0.3) is 0 Å². The van der Waals surface area contributed by atoms with Crippen LogP contribution in [-0.2, 0) is 13.0 Å². The van der Waals surface area contributed by atoms with Gasteiger partial charge in [0.15, 0.2) is 11.5 Å². The largest absolute Gasteiger partial charge is 0.489 e. The molecule has 5 heteroatoms. The average Bonchev–Trinajstić information content (AvgIpc) is 2.55. The fourth-order valence-corrected chi connectivity index (χ4v) is 2.30. The molecule has 1 aliphatic heterocycles. The summed E-state index contributed by atoms with van der Waals surface area (Å²) in [5.74, 6) is 1.46. The number of benzene rings is 1. The lowest BCUT2D eigenvalue weighted by Crippen LogP contribution is -2.10. The van der Waals surface area contributed by atoms with Crippen LogP contribution in [0.5, 0.6) is 11.5 Å². The second-order valence-corrected chi connectivity index (χ2v) is 4.29. The Hall–Kier alpha value is -0.970. The third kappa shape index (κ3) is 2.49. The molecule has 2 N–H and O–H groups in total. The highest BCUT2D eigenvalue weighted by molar-refractivity contribution is 6.31. The summed E-state index contributed by atoms with van der Waals surface area (Å²) in [6.45, 7) is 3.62. The van der Waals surface area contributed by atoms with Crippen LogP contribution in [0.2, 0.25) is 5.02 Å². The second-order valence-electron chi connectivity index (χ2n) is 3.88. The molecule has 0 saturated heterocycles. The first-order valence-electron chi connectivity index (χ1n) is 5.74. The van der Waals surface area contributed by atoms with Crippen molar-refractivity contribution in [2.45, 2.75) is 26.3 Å². The number of ether oxygens (including phenoxy) is 2. The van der Waals surface area contributed by atoms with Crippen LogP contribution in [0.4, 0.5) is 0 Å². The lowest BCUT2D eigenvalue weighted by Gasteiger charge is -2.17. The minimum Gasteiger partial charge on any atom is -0.489 e. The van der Waals surface area contributed by atoms with Crippen LogP contribution < -0.4 is 15.0 Å². The first-order valence-corrected chi connectivity index (χ1v) is 6.12. The van der Waals surface area contributed by atoms with Gasteiger partial charge in [-0.1, -0.05) is 18.5 Å². The molecule has 1 aliphatic rings. The van der Waals surface area contributed by atoms with E-state index in [4.69, 9.17) is 26.3 Å². The molecule has 0 spiro atoms. The van der Waals surface area contributed by atoms with Gasteiger partial charge in [0.1, 0.15) is 0 Å². The van der Waals surface area contributed by atoms with Crippen molar-refractivity contribution in [3.63, 3.8) is 0 Å². The van der Waals surface area contributed by atoms with Crippen LogP contribution >= 0.6 is 11.6 Å². The minimum absolute atomic E-state index is 0.304. The molecule has 0 unspecified atom stereocenters. The highest BCUT2D eigenvalue weighted by atomic mass is 35.5. The molecule has 0 radical (unpaired) electrons. The van der Waals surface area contributed by atoms with Crippen LogP contribution in [0.15, 0.2) is 6.07 Å². The molecule has 0 fully saturated rings. The molecule has 0 aliphatic carbocycles. The number of hydrogen-bond acceptors (Lipinski definition) is 4. The standard InChI is InChI=1S/C12H16ClNO3/c1-2-8-9(7-14-15)10(13)6-11-12(8)17-5-3-4-16-11/h6,14-15H,2-5,7H2,1H3. The summed E-state index contributed by atoms with van der Waals surface area (Å²) in [4.78, 5) is 0. The number of nitrogens with one attached hydrogen (secondary N) is 1. The van der Waals surface area contributed by atoms with Crippen molar-refractivity contribution in [3.05, 3.63) is 22.2 Å². The van der Waals surface area contributed by atoms with E-state index in [0.717, 1.165) is 29.7 Å². The predicted octanol–water partition coefficient (Wildman–Crippen LogP) is 2.54. The van der Waals surface area contributed by atoms with Crippen LogP contribution in [0.3, 0.4) is 0 Å². The quantitative estimate of drug-likeness (QED) is 0.817. The molecule has 4 nitrogen and oxygen atoms in total. The van der Waals surface area contributed by atoms with E-state index < -0.39 is 0 Å². The summed E-state index contributed by atoms with van der Waals surface area (Å²) in [5, 5.41) is 9.43. The number of fused-ring (bicyclic) bond motifs is 1. The van der Waals surface area contributed by atoms with Crippen molar-refractivity contribution in [2.24, 2.45) is 0 Å². The van der Waals surface area contributed by atoms with Gasteiger partial charge in [-0.2, -0.15) is 0 Å². The summed E-state index contributed by atoms with van der Waals surface area (Å²) in [6, 6.07) is 1.76. The summed E-state index contributed by atoms with van der Waals surface area (Å²) >= 11 is 6.19.